The lowest BCUT2D eigenvalue weighted by atomic mass is 10.1. The van der Waals surface area contributed by atoms with E-state index in [2.05, 4.69) is 5.32 Å². The third kappa shape index (κ3) is 3.85. The van der Waals surface area contributed by atoms with Gasteiger partial charge in [-0.05, 0) is 35.6 Å². The minimum atomic E-state index is -0.252. The molecule has 142 valence electrons. The van der Waals surface area contributed by atoms with Crippen LogP contribution in [0.4, 0.5) is 0 Å². The predicted molar refractivity (Wildman–Crippen MR) is 111 cm³/mol. The van der Waals surface area contributed by atoms with Gasteiger partial charge in [0, 0.05) is 23.5 Å². The summed E-state index contributed by atoms with van der Waals surface area (Å²) in [5, 5.41) is 4.98. The molecule has 1 aromatic heterocycles. The minimum absolute atomic E-state index is 0.000310. The maximum atomic E-state index is 12.9. The lowest BCUT2D eigenvalue weighted by Crippen LogP contribution is -2.33. The Hall–Kier alpha value is -2.92. The van der Waals surface area contributed by atoms with Gasteiger partial charge in [0.05, 0.1) is 12.5 Å². The van der Waals surface area contributed by atoms with Gasteiger partial charge in [-0.15, -0.1) is 11.3 Å². The van der Waals surface area contributed by atoms with Crippen LogP contribution in [0.5, 0.6) is 0 Å². The highest BCUT2D eigenvalue weighted by molar-refractivity contribution is 7.10. The first kappa shape index (κ1) is 18.4. The van der Waals surface area contributed by atoms with E-state index in [9.17, 15) is 9.59 Å². The van der Waals surface area contributed by atoms with Crippen molar-refractivity contribution in [2.24, 2.45) is 0 Å². The molecule has 1 aliphatic rings. The maximum Gasteiger partial charge on any atom is 0.255 e. The third-order valence-corrected chi connectivity index (χ3v) is 6.06. The molecule has 0 saturated heterocycles. The number of nitrogens with one attached hydrogen (secondary N) is 1. The van der Waals surface area contributed by atoms with Crippen LogP contribution in [0.2, 0.25) is 0 Å². The van der Waals surface area contributed by atoms with Crippen molar-refractivity contribution in [2.45, 2.75) is 32.5 Å². The smallest absolute Gasteiger partial charge is 0.255 e. The van der Waals surface area contributed by atoms with Crippen molar-refractivity contribution in [3.63, 3.8) is 0 Å². The summed E-state index contributed by atoms with van der Waals surface area (Å²) in [6.45, 7) is 3.08. The lowest BCUT2D eigenvalue weighted by Gasteiger charge is -2.26. The highest BCUT2D eigenvalue weighted by Crippen LogP contribution is 2.35. The summed E-state index contributed by atoms with van der Waals surface area (Å²) < 4.78 is 0. The molecule has 2 heterocycles. The van der Waals surface area contributed by atoms with Gasteiger partial charge in [0.25, 0.3) is 5.91 Å². The molecule has 0 aliphatic carbocycles. The van der Waals surface area contributed by atoms with Gasteiger partial charge in [-0.3, -0.25) is 9.59 Å². The van der Waals surface area contributed by atoms with E-state index >= 15 is 0 Å². The SMILES string of the molecule is Cc1ccc(CNC(=O)CC(c2cccs2)N2Cc3ccccc3C2=O)cc1. The van der Waals surface area contributed by atoms with Crippen molar-refractivity contribution in [1.29, 1.82) is 0 Å². The van der Waals surface area contributed by atoms with E-state index in [0.717, 1.165) is 21.6 Å². The quantitative estimate of drug-likeness (QED) is 0.676. The van der Waals surface area contributed by atoms with Crippen LogP contribution in [0.25, 0.3) is 0 Å². The van der Waals surface area contributed by atoms with E-state index in [1.54, 1.807) is 11.3 Å². The Morgan fingerprint density at radius 2 is 1.89 bits per heavy atom. The number of rotatable bonds is 6. The molecule has 0 fully saturated rings. The largest absolute Gasteiger partial charge is 0.352 e. The van der Waals surface area contributed by atoms with Crippen LogP contribution in [-0.4, -0.2) is 16.7 Å². The second-order valence-corrected chi connectivity index (χ2v) is 8.07. The van der Waals surface area contributed by atoms with Gasteiger partial charge in [-0.2, -0.15) is 0 Å². The van der Waals surface area contributed by atoms with Crippen molar-refractivity contribution in [3.05, 3.63) is 93.2 Å². The van der Waals surface area contributed by atoms with Gasteiger partial charge >= 0.3 is 0 Å². The molecular formula is C23H22N2O2S. The van der Waals surface area contributed by atoms with Crippen LogP contribution in [0, 0.1) is 6.92 Å². The fraction of sp³-hybridized carbons (Fsp3) is 0.217. The van der Waals surface area contributed by atoms with Crippen LogP contribution >= 0.6 is 11.3 Å². The zero-order chi connectivity index (χ0) is 19.5. The second kappa shape index (κ2) is 7.98. The molecule has 4 nitrogen and oxygen atoms in total. The Kier molecular flexibility index (Phi) is 5.26. The normalized spacial score (nSPS) is 14.0. The Morgan fingerprint density at radius 1 is 1.11 bits per heavy atom. The molecule has 1 N–H and O–H groups in total. The van der Waals surface area contributed by atoms with Gasteiger partial charge in [0.15, 0.2) is 0 Å². The summed E-state index contributed by atoms with van der Waals surface area (Å²) >= 11 is 1.58. The topological polar surface area (TPSA) is 49.4 Å². The minimum Gasteiger partial charge on any atom is -0.352 e. The Labute approximate surface area is 168 Å². The third-order valence-electron chi connectivity index (χ3n) is 5.09. The summed E-state index contributed by atoms with van der Waals surface area (Å²) in [6, 6.07) is 19.5. The van der Waals surface area contributed by atoms with E-state index in [0.29, 0.717) is 13.1 Å². The number of carbonyl (C=O) groups is 2. The monoisotopic (exact) mass is 390 g/mol. The fourth-order valence-electron chi connectivity index (χ4n) is 3.53. The highest BCUT2D eigenvalue weighted by Gasteiger charge is 2.34. The van der Waals surface area contributed by atoms with Gasteiger partial charge in [0.2, 0.25) is 5.91 Å². The molecule has 28 heavy (non-hydrogen) atoms. The van der Waals surface area contributed by atoms with Gasteiger partial charge in [-0.25, -0.2) is 0 Å². The second-order valence-electron chi connectivity index (χ2n) is 7.09. The fourth-order valence-corrected chi connectivity index (χ4v) is 4.37. The first-order valence-corrected chi connectivity index (χ1v) is 10.2. The van der Waals surface area contributed by atoms with E-state index in [4.69, 9.17) is 0 Å². The van der Waals surface area contributed by atoms with Crippen LogP contribution in [-0.2, 0) is 17.9 Å². The summed E-state index contributed by atoms with van der Waals surface area (Å²) in [5.41, 5.74) is 4.02. The average Bonchev–Trinajstić information content (AvgIpc) is 3.35. The Balaban J connectivity index is 1.48. The van der Waals surface area contributed by atoms with E-state index in [1.165, 1.54) is 5.56 Å². The first-order valence-electron chi connectivity index (χ1n) is 9.36. The maximum absolute atomic E-state index is 12.9. The molecule has 5 heteroatoms. The average molecular weight is 391 g/mol. The molecule has 0 bridgehead atoms. The van der Waals surface area contributed by atoms with Crippen LogP contribution in [0.15, 0.2) is 66.0 Å². The first-order chi connectivity index (χ1) is 13.6. The molecule has 2 amide bonds. The van der Waals surface area contributed by atoms with E-state index in [1.807, 2.05) is 77.9 Å². The number of benzene rings is 2. The van der Waals surface area contributed by atoms with Crippen molar-refractivity contribution in [2.75, 3.05) is 0 Å². The number of nitrogens with zero attached hydrogens (tertiary/aromatic N) is 1. The van der Waals surface area contributed by atoms with Gasteiger partial charge < -0.3 is 10.2 Å². The summed E-state index contributed by atoms with van der Waals surface area (Å²) in [6.07, 6.45) is 0.256. The molecule has 4 rings (SSSR count). The molecule has 0 saturated carbocycles. The molecular weight excluding hydrogens is 368 g/mol. The number of carbonyl (C=O) groups excluding carboxylic acids is 2. The molecule has 1 aliphatic heterocycles. The van der Waals surface area contributed by atoms with E-state index < -0.39 is 0 Å². The molecule has 2 aromatic carbocycles. The van der Waals surface area contributed by atoms with E-state index in [-0.39, 0.29) is 24.3 Å². The summed E-state index contributed by atoms with van der Waals surface area (Å²) in [5.74, 6) is -0.0527. The zero-order valence-electron chi connectivity index (χ0n) is 15.7. The Morgan fingerprint density at radius 3 is 2.61 bits per heavy atom. The van der Waals surface area contributed by atoms with Crippen molar-refractivity contribution < 1.29 is 9.59 Å². The molecule has 1 unspecified atom stereocenters. The lowest BCUT2D eigenvalue weighted by molar-refractivity contribution is -0.122. The Bertz CT molecular complexity index is 980. The van der Waals surface area contributed by atoms with Crippen LogP contribution < -0.4 is 5.32 Å². The van der Waals surface area contributed by atoms with Gasteiger partial charge in [0.1, 0.15) is 0 Å². The summed E-state index contributed by atoms with van der Waals surface area (Å²) in [4.78, 5) is 28.5. The van der Waals surface area contributed by atoms with Crippen molar-refractivity contribution >= 4 is 23.2 Å². The van der Waals surface area contributed by atoms with Crippen LogP contribution in [0.1, 0.15) is 44.4 Å². The highest BCUT2D eigenvalue weighted by atomic mass is 32.1. The predicted octanol–water partition coefficient (Wildman–Crippen LogP) is 4.46. The van der Waals surface area contributed by atoms with Gasteiger partial charge in [-0.1, -0.05) is 54.1 Å². The molecule has 3 aromatic rings. The number of amides is 2. The number of fused-ring (bicyclic) bond motifs is 1. The van der Waals surface area contributed by atoms with Crippen LogP contribution in [0.3, 0.4) is 0 Å². The number of thiophene rings is 1. The molecule has 1 atom stereocenters. The number of hydrogen-bond donors (Lipinski definition) is 1. The van der Waals surface area contributed by atoms with Crippen molar-refractivity contribution in [3.8, 4) is 0 Å². The summed E-state index contributed by atoms with van der Waals surface area (Å²) in [7, 11) is 0. The molecule has 0 radical (unpaired) electrons. The standard InChI is InChI=1S/C23H22N2O2S/c1-16-8-10-17(11-9-16)14-24-22(26)13-20(21-7-4-12-28-21)25-15-18-5-2-3-6-19(18)23(25)27/h2-12,20H,13-15H2,1H3,(H,24,26). The molecule has 0 spiro atoms. The number of hydrogen-bond acceptors (Lipinski definition) is 3. The van der Waals surface area contributed by atoms with Crippen molar-refractivity contribution in [1.82, 2.24) is 10.2 Å². The number of aryl methyl sites for hydroxylation is 1. The zero-order valence-corrected chi connectivity index (χ0v) is 16.5.